The lowest BCUT2D eigenvalue weighted by molar-refractivity contribution is -0.122. The number of halogens is 5. The number of aromatic nitrogens is 1. The molecule has 0 amide bonds. The number of pyridine rings is 1. The van der Waals surface area contributed by atoms with Crippen molar-refractivity contribution >= 4 is 18.5 Å². The van der Waals surface area contributed by atoms with Crippen molar-refractivity contribution in [2.75, 3.05) is 13.2 Å². The second kappa shape index (κ2) is 9.50. The Kier molecular flexibility index (Phi) is 7.26. The fraction of sp³-hybridized carbons (Fsp3) is 0.656. The van der Waals surface area contributed by atoms with Gasteiger partial charge in [0.1, 0.15) is 11.0 Å². The normalized spacial score (nSPS) is 25.3. The maximum Gasteiger partial charge on any atom is 0.310 e. The first-order chi connectivity index (χ1) is 19.3. The number of hydrogen-bond acceptors (Lipinski definition) is 4. The predicted molar refractivity (Wildman–Crippen MR) is 164 cm³/mol. The Morgan fingerprint density at radius 3 is 2.07 bits per heavy atom. The van der Waals surface area contributed by atoms with Crippen molar-refractivity contribution in [3.63, 3.8) is 0 Å². The highest BCUT2D eigenvalue weighted by atomic mass is 32.5. The average molecular weight is 648 g/mol. The molecule has 0 radical (unpaired) electrons. The molecule has 2 atom stereocenters. The van der Waals surface area contributed by atoms with Gasteiger partial charge in [0.15, 0.2) is 8.32 Å². The molecule has 5 rings (SSSR count). The molecule has 4 nitrogen and oxygen atoms in total. The van der Waals surface area contributed by atoms with Gasteiger partial charge >= 0.3 is 10.2 Å². The standard InChI is InChI=1S/C32H46F5NO3SSi/c1-20(2)28-26-27(25-23(38-28)18-31(6,7)19-24(25)41-43(8,9)30(3,4)5)32(14-16-39-17-15-32)40-29(26)21-10-12-22(13-11-21)42(33,34,35,36)37/h10-13,20,24,29H,14-19H2,1-9H3/t24?,29-/m1/s1. The molecule has 2 aliphatic heterocycles. The van der Waals surface area contributed by atoms with Gasteiger partial charge in [-0.2, -0.15) is 0 Å². The summed E-state index contributed by atoms with van der Waals surface area (Å²) in [5.41, 5.74) is 4.36. The minimum Gasteiger partial charge on any atom is -0.410 e. The van der Waals surface area contributed by atoms with Crippen molar-refractivity contribution in [2.24, 2.45) is 5.41 Å². The number of nitrogens with zero attached hydrogens (tertiary/aromatic N) is 1. The van der Waals surface area contributed by atoms with Crippen LogP contribution in [0.15, 0.2) is 29.2 Å². The first kappa shape index (κ1) is 32.8. The lowest BCUT2D eigenvalue weighted by Crippen LogP contribution is -2.45. The van der Waals surface area contributed by atoms with Crippen molar-refractivity contribution in [1.82, 2.24) is 4.98 Å². The molecule has 1 aromatic heterocycles. The maximum atomic E-state index is 13.6. The SMILES string of the molecule is CC(C)c1nc2c(c3c1[C@@H](c1ccc(S(F)(F)(F)(F)F)cc1)OC31CCOCC1)C(O[Si](C)(C)C(C)(C)C)CC(C)(C)C2. The third-order valence-corrected chi connectivity index (χ3v) is 15.5. The fourth-order valence-electron chi connectivity index (χ4n) is 6.67. The summed E-state index contributed by atoms with van der Waals surface area (Å²) in [6.07, 6.45) is 1.74. The molecule has 1 aliphatic carbocycles. The number of hydrogen-bond donors (Lipinski definition) is 0. The lowest BCUT2D eigenvalue weighted by Gasteiger charge is -2.46. The number of fused-ring (bicyclic) bond motifs is 4. The van der Waals surface area contributed by atoms with Crippen molar-refractivity contribution in [3.05, 3.63) is 57.9 Å². The van der Waals surface area contributed by atoms with Crippen molar-refractivity contribution in [2.45, 2.75) is 121 Å². The summed E-state index contributed by atoms with van der Waals surface area (Å²) in [4.78, 5) is 3.38. The molecule has 43 heavy (non-hydrogen) atoms. The van der Waals surface area contributed by atoms with Gasteiger partial charge in [0.25, 0.3) is 0 Å². The summed E-state index contributed by atoms with van der Waals surface area (Å²) in [7, 11) is -12.1. The summed E-state index contributed by atoms with van der Waals surface area (Å²) >= 11 is 0. The van der Waals surface area contributed by atoms with Crippen LogP contribution in [-0.2, 0) is 25.9 Å². The molecule has 1 aromatic carbocycles. The van der Waals surface area contributed by atoms with E-state index in [0.29, 0.717) is 43.8 Å². The van der Waals surface area contributed by atoms with Crippen molar-refractivity contribution < 1.29 is 33.3 Å². The van der Waals surface area contributed by atoms with Gasteiger partial charge in [-0.15, -0.1) is 0 Å². The van der Waals surface area contributed by atoms with Crippen molar-refractivity contribution in [1.29, 1.82) is 0 Å². The van der Waals surface area contributed by atoms with E-state index in [-0.39, 0.29) is 22.5 Å². The number of rotatable bonds is 5. The molecular weight excluding hydrogens is 601 g/mol. The second-order valence-electron chi connectivity index (χ2n) is 15.4. The molecule has 242 valence electrons. The average Bonchev–Trinajstić information content (AvgIpc) is 3.15. The highest BCUT2D eigenvalue weighted by Crippen LogP contribution is 3.02. The van der Waals surface area contributed by atoms with E-state index in [4.69, 9.17) is 18.9 Å². The molecule has 1 fully saturated rings. The molecule has 0 N–H and O–H groups in total. The van der Waals surface area contributed by atoms with Gasteiger partial charge in [0.2, 0.25) is 0 Å². The highest BCUT2D eigenvalue weighted by molar-refractivity contribution is 8.45. The Morgan fingerprint density at radius 1 is 0.977 bits per heavy atom. The minimum absolute atomic E-state index is 0.00564. The third kappa shape index (κ3) is 6.05. The molecule has 0 saturated carbocycles. The molecular formula is C32H46F5NO3SSi. The molecule has 11 heteroatoms. The molecule has 1 saturated heterocycles. The zero-order valence-electron chi connectivity index (χ0n) is 26.8. The molecule has 1 unspecified atom stereocenters. The van der Waals surface area contributed by atoms with Crippen LogP contribution in [0.2, 0.25) is 18.1 Å². The number of ether oxygens (including phenoxy) is 2. The topological polar surface area (TPSA) is 40.6 Å². The number of benzene rings is 1. The van der Waals surface area contributed by atoms with Gasteiger partial charge in [0.05, 0.1) is 11.7 Å². The Morgan fingerprint density at radius 2 is 1.56 bits per heavy atom. The van der Waals surface area contributed by atoms with Crippen LogP contribution in [0.4, 0.5) is 19.4 Å². The Bertz CT molecular complexity index is 1410. The van der Waals surface area contributed by atoms with Crippen LogP contribution in [0.5, 0.6) is 0 Å². The van der Waals surface area contributed by atoms with E-state index in [1.807, 2.05) is 0 Å². The van der Waals surface area contributed by atoms with E-state index in [1.165, 1.54) is 0 Å². The van der Waals surface area contributed by atoms with Crippen LogP contribution in [0.25, 0.3) is 0 Å². The second-order valence-corrected chi connectivity index (χ2v) is 22.5. The molecule has 3 aliphatic rings. The van der Waals surface area contributed by atoms with E-state index in [9.17, 15) is 19.4 Å². The Labute approximate surface area is 253 Å². The minimum atomic E-state index is -9.82. The zero-order chi connectivity index (χ0) is 32.1. The van der Waals surface area contributed by atoms with E-state index in [1.54, 1.807) is 0 Å². The van der Waals surface area contributed by atoms with E-state index < -0.39 is 35.1 Å². The quantitative estimate of drug-likeness (QED) is 0.239. The smallest absolute Gasteiger partial charge is 0.310 e. The maximum absolute atomic E-state index is 13.6. The first-order valence-corrected chi connectivity index (χ1v) is 20.0. The van der Waals surface area contributed by atoms with Crippen LogP contribution in [0, 0.1) is 5.41 Å². The lowest BCUT2D eigenvalue weighted by atomic mass is 9.70. The van der Waals surface area contributed by atoms with Gasteiger partial charge < -0.3 is 13.9 Å². The molecule has 0 bridgehead atoms. The largest absolute Gasteiger partial charge is 0.410 e. The van der Waals surface area contributed by atoms with Gasteiger partial charge in [-0.05, 0) is 65.6 Å². The zero-order valence-corrected chi connectivity index (χ0v) is 28.6. The monoisotopic (exact) mass is 647 g/mol. The van der Waals surface area contributed by atoms with Gasteiger partial charge in [0, 0.05) is 48.6 Å². The van der Waals surface area contributed by atoms with Gasteiger partial charge in [-0.1, -0.05) is 80.0 Å². The summed E-state index contributed by atoms with van der Waals surface area (Å²) < 4.78 is 87.9. The van der Waals surface area contributed by atoms with Crippen LogP contribution in [0.1, 0.15) is 119 Å². The van der Waals surface area contributed by atoms with E-state index in [0.717, 1.165) is 53.1 Å². The van der Waals surface area contributed by atoms with Gasteiger partial charge in [-0.25, -0.2) is 0 Å². The van der Waals surface area contributed by atoms with Crippen LogP contribution >= 0.6 is 10.2 Å². The van der Waals surface area contributed by atoms with Gasteiger partial charge in [-0.3, -0.25) is 4.98 Å². The van der Waals surface area contributed by atoms with E-state index >= 15 is 0 Å². The predicted octanol–water partition coefficient (Wildman–Crippen LogP) is 11.0. The first-order valence-electron chi connectivity index (χ1n) is 15.2. The van der Waals surface area contributed by atoms with Crippen LogP contribution < -0.4 is 0 Å². The van der Waals surface area contributed by atoms with Crippen LogP contribution in [0.3, 0.4) is 0 Å². The summed E-state index contributed by atoms with van der Waals surface area (Å²) in [6.45, 7) is 20.7. The fourth-order valence-corrected chi connectivity index (χ4v) is 8.59. The summed E-state index contributed by atoms with van der Waals surface area (Å²) in [5.74, 6) is -0.00564. The van der Waals surface area contributed by atoms with Crippen LogP contribution in [-0.4, -0.2) is 26.5 Å². The highest BCUT2D eigenvalue weighted by Gasteiger charge is 2.65. The molecule has 3 heterocycles. The Hall–Kier alpha value is -1.53. The van der Waals surface area contributed by atoms with Crippen molar-refractivity contribution in [3.8, 4) is 0 Å². The summed E-state index contributed by atoms with van der Waals surface area (Å²) in [6, 6.07) is 3.25. The van der Waals surface area contributed by atoms with E-state index in [2.05, 4.69) is 61.6 Å². The molecule has 1 spiro atoms. The molecule has 2 aromatic rings. The Balaban J connectivity index is 1.76. The third-order valence-electron chi connectivity index (χ3n) is 9.87. The summed E-state index contributed by atoms with van der Waals surface area (Å²) in [5, 5.41) is -0.0246.